The van der Waals surface area contributed by atoms with E-state index in [0.29, 0.717) is 44.1 Å². The Balaban J connectivity index is 0.907. The van der Waals surface area contributed by atoms with Crippen LogP contribution < -0.4 is 11.5 Å². The van der Waals surface area contributed by atoms with Crippen molar-refractivity contribution in [3.05, 3.63) is 118 Å². The lowest BCUT2D eigenvalue weighted by atomic mass is 9.92. The summed E-state index contributed by atoms with van der Waals surface area (Å²) in [5.74, 6) is -1.45. The van der Waals surface area contributed by atoms with Crippen molar-refractivity contribution in [3.63, 3.8) is 0 Å². The fourth-order valence-corrected chi connectivity index (χ4v) is 16.5. The van der Waals surface area contributed by atoms with Gasteiger partial charge in [-0.1, -0.05) is 225 Å². The van der Waals surface area contributed by atoms with Crippen LogP contribution in [0.2, 0.25) is 0 Å². The normalized spacial score (nSPS) is 21.5. The Kier molecular flexibility index (Phi) is 38.5. The molecule has 6 aromatic rings. The molecule has 28 nitrogen and oxygen atoms in total. The van der Waals surface area contributed by atoms with E-state index in [1.807, 2.05) is 18.2 Å². The monoisotopic (exact) mass is 1630 g/mol. The van der Waals surface area contributed by atoms with Crippen LogP contribution in [0.5, 0.6) is 0 Å². The Morgan fingerprint density at radius 1 is 0.526 bits per heavy atom. The topological polar surface area (TPSA) is 437 Å². The van der Waals surface area contributed by atoms with Crippen LogP contribution in [0.3, 0.4) is 0 Å². The summed E-state index contributed by atoms with van der Waals surface area (Å²) in [6, 6.07) is 21.5. The first-order valence-electron chi connectivity index (χ1n) is 41.1. The van der Waals surface area contributed by atoms with Gasteiger partial charge in [-0.25, -0.2) is 36.9 Å². The number of benzene rings is 2. The molecule has 3 unspecified atom stereocenters. The quantitative estimate of drug-likeness (QED) is 0.0130. The van der Waals surface area contributed by atoms with Gasteiger partial charge in [-0.05, 0) is 79.8 Å². The van der Waals surface area contributed by atoms with E-state index < -0.39 is 114 Å². The molecule has 2 aliphatic heterocycles. The molecule has 13 atom stereocenters. The van der Waals surface area contributed by atoms with E-state index in [0.717, 1.165) is 82.7 Å². The van der Waals surface area contributed by atoms with Crippen molar-refractivity contribution in [2.24, 2.45) is 0 Å². The number of nitrogen functional groups attached to an aromatic ring is 2. The highest BCUT2D eigenvalue weighted by molar-refractivity contribution is 7.47. The highest BCUT2D eigenvalue weighted by Crippen LogP contribution is 2.49. The zero-order chi connectivity index (χ0) is 81.9. The van der Waals surface area contributed by atoms with Crippen LogP contribution in [0.25, 0.3) is 11.0 Å². The third-order valence-corrected chi connectivity index (χ3v) is 23.6. The molecule has 4 aromatic heterocycles. The van der Waals surface area contributed by atoms with E-state index in [9.17, 15) is 64.8 Å². The van der Waals surface area contributed by atoms with E-state index in [2.05, 4.69) is 23.9 Å². The first kappa shape index (κ1) is 92.5. The molecule has 2 fully saturated rings. The van der Waals surface area contributed by atoms with Crippen molar-refractivity contribution < 1.29 is 85.2 Å². The van der Waals surface area contributed by atoms with Gasteiger partial charge in [-0.3, -0.25) is 18.1 Å². The number of phosphoric ester groups is 2. The lowest BCUT2D eigenvalue weighted by Crippen LogP contribution is -2.41. The smallest absolute Gasteiger partial charge is 0.387 e. The highest BCUT2D eigenvalue weighted by atomic mass is 31.2. The van der Waals surface area contributed by atoms with Gasteiger partial charge in [0.1, 0.15) is 83.8 Å². The van der Waals surface area contributed by atoms with E-state index in [4.69, 9.17) is 58.6 Å². The van der Waals surface area contributed by atoms with Gasteiger partial charge in [0, 0.05) is 11.5 Å². The Bertz CT molecular complexity index is 4210. The minimum absolute atomic E-state index is 0.00747. The summed E-state index contributed by atoms with van der Waals surface area (Å²) in [4.78, 5) is 30.9. The van der Waals surface area contributed by atoms with Crippen molar-refractivity contribution in [3.8, 4) is 24.3 Å². The van der Waals surface area contributed by atoms with Crippen LogP contribution in [-0.4, -0.2) is 135 Å². The summed E-state index contributed by atoms with van der Waals surface area (Å²) in [6.07, 6.45) is 24.8. The van der Waals surface area contributed by atoms with Crippen LogP contribution in [-0.2, 0) is 70.6 Å². The number of anilines is 2. The van der Waals surface area contributed by atoms with Crippen molar-refractivity contribution in [1.82, 2.24) is 29.2 Å². The third-order valence-electron chi connectivity index (χ3n) is 21.7. The van der Waals surface area contributed by atoms with Gasteiger partial charge in [0.15, 0.2) is 17.5 Å². The molecule has 0 spiro atoms. The number of hydrogen-bond acceptors (Lipinski definition) is 24. The third kappa shape index (κ3) is 27.0. The molecule has 8 rings (SSSR count). The fourth-order valence-electron chi connectivity index (χ4n) is 14.9. The second kappa shape index (κ2) is 47.4. The number of rotatable bonds is 57. The first-order valence-corrected chi connectivity index (χ1v) is 44.0. The second-order valence-electron chi connectivity index (χ2n) is 30.3. The van der Waals surface area contributed by atoms with Gasteiger partial charge in [-0.2, -0.15) is 31.2 Å². The molecule has 32 heteroatoms. The zero-order valence-electron chi connectivity index (χ0n) is 66.1. The molecular formula is C82H118F2N12O16P2. The SMILES string of the molecule is CCCCCCCCCCCCCCCCCCC[C@H](COP(=O)(O)OC[C@H]1O[C@@](C#N)(c2ccc3c(N)nc(C(CCCCCCCCCCCCCC)CCCC[C@H](COP(=O)(O)OC[C@H]4O[C@@](C#N)(c5ccc6c(N)ncnn56)[C@H](O)[C@@H]4O)OCc4ccc(C#N)c(F)c4)nn23)[C@H](O)[C@@H]1O)OCc1ccc(C#N)cc1F. The summed E-state index contributed by atoms with van der Waals surface area (Å²) < 4.78 is 106. The standard InChI is InChI=1S/C82H118F2N12O16P2/c1-3-5-7-9-11-13-15-17-18-19-20-21-23-25-27-29-31-36-65(106-51-63-41-38-59(48-85)46-67(63)84)53-108-114(103,104)110-55-71-75(98)77(100)82(57-88,112-71)73-45-43-69-79(90)93-80(94-96(69)73)61(34-30-28-26-24-22-16-14-12-10-8-6-4-2)35-32-33-37-64(105-50-60-39-40-62(49-86)66(83)47-60)52-107-113(101,102)109-54-70-74(97)76(99)81(56-87,111-70)72-44-42-68-78(89)91-58-92-95(68)72/h38-47,58,61,64-65,70-71,74-77,97-100H,3-37,50-55H2,1-2H3,(H,101,102)(H,103,104)(H2,89,91,92)(H2,90,93,94)/t61?,64-,65-,70-,71-,74-,75-,76-,77-,81+,82+/m1/s1. The van der Waals surface area contributed by atoms with Gasteiger partial charge in [0.05, 0.1) is 80.4 Å². The average molecular weight is 1630 g/mol. The molecule has 10 N–H and O–H groups in total. The van der Waals surface area contributed by atoms with Gasteiger partial charge in [0.2, 0.25) is 11.2 Å². The molecular weight excluding hydrogens is 1510 g/mol. The highest BCUT2D eigenvalue weighted by Gasteiger charge is 2.59. The maximum atomic E-state index is 15.0. The number of aromatic nitrogens is 6. The van der Waals surface area contributed by atoms with E-state index >= 15 is 4.39 Å². The van der Waals surface area contributed by atoms with Crippen molar-refractivity contribution in [2.75, 3.05) is 37.9 Å². The zero-order valence-corrected chi connectivity index (χ0v) is 67.9. The molecule has 0 bridgehead atoms. The van der Waals surface area contributed by atoms with Gasteiger partial charge < -0.3 is 60.6 Å². The Labute approximate surface area is 668 Å². The number of halogens is 2. The summed E-state index contributed by atoms with van der Waals surface area (Å²) >= 11 is 0. The molecule has 114 heavy (non-hydrogen) atoms. The number of phosphoric acid groups is 2. The first-order chi connectivity index (χ1) is 55.1. The van der Waals surface area contributed by atoms with E-state index in [1.54, 1.807) is 6.07 Å². The summed E-state index contributed by atoms with van der Waals surface area (Å²) in [6.45, 7) is 1.35. The number of nitriles is 4. The van der Waals surface area contributed by atoms with E-state index in [-0.39, 0.29) is 82.1 Å². The molecule has 2 aromatic carbocycles. The number of unbranched alkanes of at least 4 members (excludes halogenated alkanes) is 28. The fraction of sp³-hybridized carbons (Fsp3) is 0.659. The molecule has 2 saturated heterocycles. The summed E-state index contributed by atoms with van der Waals surface area (Å²) in [5, 5.41) is 95.2. The minimum Gasteiger partial charge on any atom is -0.387 e. The van der Waals surface area contributed by atoms with Gasteiger partial charge in [0.25, 0.3) is 0 Å². The van der Waals surface area contributed by atoms with Gasteiger partial charge >= 0.3 is 15.6 Å². The summed E-state index contributed by atoms with van der Waals surface area (Å²) in [7, 11) is -10.0. The second-order valence-corrected chi connectivity index (χ2v) is 33.3. The van der Waals surface area contributed by atoms with Crippen molar-refractivity contribution in [1.29, 1.82) is 21.0 Å². The van der Waals surface area contributed by atoms with E-state index in [1.165, 1.54) is 173 Å². The van der Waals surface area contributed by atoms with Crippen LogP contribution in [0.1, 0.15) is 284 Å². The Hall–Kier alpha value is -7.00. The Morgan fingerprint density at radius 2 is 0.965 bits per heavy atom. The molecule has 2 aliphatic rings. The number of aliphatic hydroxyl groups excluding tert-OH is 4. The maximum Gasteiger partial charge on any atom is 0.472 e. The number of nitrogens with two attached hydrogens (primary N) is 2. The molecule has 0 aliphatic carbocycles. The molecule has 6 heterocycles. The average Bonchev–Trinajstić information content (AvgIpc) is 1.58. The maximum absolute atomic E-state index is 15.0. The van der Waals surface area contributed by atoms with Crippen LogP contribution in [0.15, 0.2) is 67.0 Å². The van der Waals surface area contributed by atoms with Crippen LogP contribution in [0, 0.1) is 57.0 Å². The minimum atomic E-state index is -5.05. The number of hydrogen-bond donors (Lipinski definition) is 8. The number of nitrogens with zero attached hydrogens (tertiary/aromatic N) is 10. The number of fused-ring (bicyclic) bond motifs is 2. The molecule has 0 amide bonds. The van der Waals surface area contributed by atoms with Gasteiger partial charge in [-0.15, -0.1) is 0 Å². The predicted molar refractivity (Wildman–Crippen MR) is 422 cm³/mol. The summed E-state index contributed by atoms with van der Waals surface area (Å²) in [5.41, 5.74) is 9.08. The van der Waals surface area contributed by atoms with Crippen molar-refractivity contribution >= 4 is 38.3 Å². The van der Waals surface area contributed by atoms with Crippen LogP contribution in [0.4, 0.5) is 20.4 Å². The predicted octanol–water partition coefficient (Wildman–Crippen LogP) is 15.6. The molecule has 626 valence electrons. The molecule has 0 saturated carbocycles. The number of ether oxygens (including phenoxy) is 4. The lowest BCUT2D eigenvalue weighted by Gasteiger charge is -2.25. The largest absolute Gasteiger partial charge is 0.472 e. The number of aliphatic hydroxyl groups is 4. The van der Waals surface area contributed by atoms with Crippen molar-refractivity contribution in [2.45, 2.75) is 318 Å². The Morgan fingerprint density at radius 3 is 1.42 bits per heavy atom. The lowest BCUT2D eigenvalue weighted by molar-refractivity contribution is -0.0658. The molecule has 0 radical (unpaired) electrons. The van der Waals surface area contributed by atoms with Crippen LogP contribution >= 0.6 is 15.6 Å².